The number of benzene rings is 1. The van der Waals surface area contributed by atoms with E-state index in [1.165, 1.54) is 5.30 Å². The molecule has 0 aromatic heterocycles. The SMILES string of the molecule is CC(C)(C)[P+](c1ccccc1)(N1CCOCC1)N1CCOCC1. The smallest absolute Gasteiger partial charge is 0.191 e. The van der Waals surface area contributed by atoms with E-state index in [4.69, 9.17) is 9.47 Å². The maximum atomic E-state index is 5.66. The summed E-state index contributed by atoms with van der Waals surface area (Å²) in [5, 5.41) is 1.68. The molecule has 0 saturated carbocycles. The lowest BCUT2D eigenvalue weighted by Gasteiger charge is -2.51. The summed E-state index contributed by atoms with van der Waals surface area (Å²) < 4.78 is 16.8. The molecule has 1 aromatic rings. The van der Waals surface area contributed by atoms with Gasteiger partial charge < -0.3 is 9.47 Å². The van der Waals surface area contributed by atoms with Gasteiger partial charge in [0.2, 0.25) is 0 Å². The summed E-state index contributed by atoms with van der Waals surface area (Å²) in [7, 11) is -1.68. The Kier molecular flexibility index (Phi) is 5.39. The van der Waals surface area contributed by atoms with Crippen molar-refractivity contribution in [3.05, 3.63) is 30.3 Å². The molecule has 0 amide bonds. The first-order valence-corrected chi connectivity index (χ1v) is 10.4. The summed E-state index contributed by atoms with van der Waals surface area (Å²) in [5.41, 5.74) is 0. The average molecular weight is 337 g/mol. The van der Waals surface area contributed by atoms with Crippen molar-refractivity contribution in [1.29, 1.82) is 0 Å². The number of hydrogen-bond acceptors (Lipinski definition) is 4. The standard InChI is InChI=1S/C18H30N2O2P/c1-18(2,3)23(17-7-5-4-6-8-17,19-9-13-21-14-10-19)20-11-15-22-16-12-20/h4-8H,9-16H2,1-3H3/q+1. The Balaban J connectivity index is 2.11. The van der Waals surface area contributed by atoms with Crippen LogP contribution in [0, 0.1) is 0 Å². The molecule has 2 aliphatic heterocycles. The number of hydrogen-bond donors (Lipinski definition) is 0. The average Bonchev–Trinajstić information content (AvgIpc) is 2.57. The molecule has 0 aliphatic carbocycles. The number of nitrogens with zero attached hydrogens (tertiary/aromatic N) is 2. The van der Waals surface area contributed by atoms with Gasteiger partial charge >= 0.3 is 0 Å². The van der Waals surface area contributed by atoms with Gasteiger partial charge in [-0.3, -0.25) is 0 Å². The van der Waals surface area contributed by atoms with Crippen LogP contribution in [0.3, 0.4) is 0 Å². The van der Waals surface area contributed by atoms with Crippen LogP contribution >= 0.6 is 7.56 Å². The van der Waals surface area contributed by atoms with Crippen molar-refractivity contribution < 1.29 is 9.47 Å². The van der Waals surface area contributed by atoms with E-state index < -0.39 is 7.56 Å². The van der Waals surface area contributed by atoms with Gasteiger partial charge in [-0.25, -0.2) is 0 Å². The lowest BCUT2D eigenvalue weighted by atomic mass is 10.3. The molecule has 0 bridgehead atoms. The highest BCUT2D eigenvalue weighted by Crippen LogP contribution is 2.72. The van der Waals surface area contributed by atoms with Gasteiger partial charge in [-0.15, -0.1) is 0 Å². The second-order valence-corrected chi connectivity index (χ2v) is 11.4. The molecule has 0 spiro atoms. The fourth-order valence-electron chi connectivity index (χ4n) is 4.06. The summed E-state index contributed by atoms with van der Waals surface area (Å²) in [4.78, 5) is 0. The van der Waals surface area contributed by atoms with E-state index >= 15 is 0 Å². The molecule has 2 fully saturated rings. The van der Waals surface area contributed by atoms with Gasteiger partial charge in [0.05, 0.1) is 52.6 Å². The lowest BCUT2D eigenvalue weighted by molar-refractivity contribution is 0.0547. The summed E-state index contributed by atoms with van der Waals surface area (Å²) in [5.74, 6) is 0. The van der Waals surface area contributed by atoms with Crippen molar-refractivity contribution in [3.8, 4) is 0 Å². The Morgan fingerprint density at radius 1 is 0.783 bits per heavy atom. The van der Waals surface area contributed by atoms with Crippen LogP contribution in [-0.2, 0) is 9.47 Å². The summed E-state index contributed by atoms with van der Waals surface area (Å²) in [6.07, 6.45) is 0. The minimum absolute atomic E-state index is 0.184. The molecule has 5 heteroatoms. The molecule has 2 heterocycles. The zero-order chi connectivity index (χ0) is 16.3. The highest BCUT2D eigenvalue weighted by molar-refractivity contribution is 7.80. The fourth-order valence-corrected chi connectivity index (χ4v) is 9.62. The second-order valence-electron chi connectivity index (χ2n) is 7.24. The van der Waals surface area contributed by atoms with Crippen LogP contribution in [0.5, 0.6) is 0 Å². The van der Waals surface area contributed by atoms with Crippen LogP contribution < -0.4 is 5.30 Å². The van der Waals surface area contributed by atoms with Crippen LogP contribution in [-0.4, -0.2) is 67.1 Å². The van der Waals surface area contributed by atoms with E-state index in [1.807, 2.05) is 0 Å². The van der Waals surface area contributed by atoms with E-state index in [0.29, 0.717) is 0 Å². The van der Waals surface area contributed by atoms with Crippen LogP contribution in [0.4, 0.5) is 0 Å². The fraction of sp³-hybridized carbons (Fsp3) is 0.667. The first-order chi connectivity index (χ1) is 11.1. The Morgan fingerprint density at radius 3 is 1.61 bits per heavy atom. The third kappa shape index (κ3) is 3.20. The van der Waals surface area contributed by atoms with Gasteiger partial charge in [0.1, 0.15) is 10.5 Å². The molecule has 0 atom stereocenters. The monoisotopic (exact) mass is 337 g/mol. The summed E-state index contributed by atoms with van der Waals surface area (Å²) >= 11 is 0. The summed E-state index contributed by atoms with van der Waals surface area (Å²) in [6, 6.07) is 11.2. The van der Waals surface area contributed by atoms with Gasteiger partial charge in [-0.1, -0.05) is 18.2 Å². The number of ether oxygens (including phenoxy) is 2. The first-order valence-electron chi connectivity index (χ1n) is 8.68. The van der Waals surface area contributed by atoms with Crippen LogP contribution in [0.25, 0.3) is 0 Å². The first kappa shape index (κ1) is 17.3. The minimum atomic E-state index is -1.68. The molecule has 23 heavy (non-hydrogen) atoms. The quantitative estimate of drug-likeness (QED) is 0.792. The molecule has 0 unspecified atom stereocenters. The Bertz CT molecular complexity index is 473. The van der Waals surface area contributed by atoms with Crippen molar-refractivity contribution in [1.82, 2.24) is 9.34 Å². The molecule has 0 radical (unpaired) electrons. The van der Waals surface area contributed by atoms with Crippen molar-refractivity contribution in [2.45, 2.75) is 25.9 Å². The second kappa shape index (κ2) is 7.16. The van der Waals surface area contributed by atoms with Gasteiger partial charge in [0, 0.05) is 0 Å². The van der Waals surface area contributed by atoms with Crippen molar-refractivity contribution >= 4 is 12.9 Å². The largest absolute Gasteiger partial charge is 0.378 e. The summed E-state index contributed by atoms with van der Waals surface area (Å²) in [6.45, 7) is 14.7. The normalized spacial score (nSPS) is 22.2. The Morgan fingerprint density at radius 2 is 1.22 bits per heavy atom. The molecule has 3 rings (SSSR count). The molecule has 0 N–H and O–H groups in total. The number of rotatable bonds is 3. The third-order valence-corrected chi connectivity index (χ3v) is 10.2. The van der Waals surface area contributed by atoms with E-state index in [0.717, 1.165) is 52.6 Å². The number of morpholine rings is 2. The zero-order valence-corrected chi connectivity index (χ0v) is 15.6. The Hall–Kier alpha value is -0.510. The van der Waals surface area contributed by atoms with Gasteiger partial charge in [-0.2, -0.15) is 9.34 Å². The highest BCUT2D eigenvalue weighted by atomic mass is 31.2. The maximum Gasteiger partial charge on any atom is 0.191 e. The third-order valence-electron chi connectivity index (χ3n) is 4.85. The van der Waals surface area contributed by atoms with Crippen LogP contribution in [0.2, 0.25) is 0 Å². The molecule has 2 saturated heterocycles. The van der Waals surface area contributed by atoms with Crippen molar-refractivity contribution in [2.75, 3.05) is 52.6 Å². The van der Waals surface area contributed by atoms with E-state index in [2.05, 4.69) is 60.4 Å². The van der Waals surface area contributed by atoms with Gasteiger partial charge in [-0.05, 0) is 32.9 Å². The predicted octanol–water partition coefficient (Wildman–Crippen LogP) is 2.62. The van der Waals surface area contributed by atoms with Crippen molar-refractivity contribution in [3.63, 3.8) is 0 Å². The zero-order valence-electron chi connectivity index (χ0n) is 14.7. The molecule has 4 nitrogen and oxygen atoms in total. The molecule has 2 aliphatic rings. The van der Waals surface area contributed by atoms with Crippen molar-refractivity contribution in [2.24, 2.45) is 0 Å². The molecular weight excluding hydrogens is 307 g/mol. The van der Waals surface area contributed by atoms with E-state index in [9.17, 15) is 0 Å². The van der Waals surface area contributed by atoms with Crippen LogP contribution in [0.1, 0.15) is 20.8 Å². The predicted molar refractivity (Wildman–Crippen MR) is 97.5 cm³/mol. The van der Waals surface area contributed by atoms with Gasteiger partial charge in [0.15, 0.2) is 7.56 Å². The maximum absolute atomic E-state index is 5.66. The molecule has 128 valence electrons. The van der Waals surface area contributed by atoms with Gasteiger partial charge in [0.25, 0.3) is 0 Å². The van der Waals surface area contributed by atoms with E-state index in [1.54, 1.807) is 0 Å². The topological polar surface area (TPSA) is 24.9 Å². The minimum Gasteiger partial charge on any atom is -0.378 e. The van der Waals surface area contributed by atoms with E-state index in [-0.39, 0.29) is 5.16 Å². The lowest BCUT2D eigenvalue weighted by Crippen LogP contribution is -2.55. The molecule has 1 aromatic carbocycles. The molecular formula is C18H30N2O2P+. The van der Waals surface area contributed by atoms with Crippen LogP contribution in [0.15, 0.2) is 30.3 Å². The Labute approximate surface area is 141 Å². The highest BCUT2D eigenvalue weighted by Gasteiger charge is 2.61.